The molecule has 0 bridgehead atoms. The van der Waals surface area contributed by atoms with Gasteiger partial charge in [0.25, 0.3) is 5.91 Å². The third-order valence-electron chi connectivity index (χ3n) is 4.82. The highest BCUT2D eigenvalue weighted by Gasteiger charge is 2.19. The second-order valence-electron chi connectivity index (χ2n) is 7.09. The van der Waals surface area contributed by atoms with Crippen LogP contribution in [0.25, 0.3) is 0 Å². The Morgan fingerprint density at radius 2 is 1.97 bits per heavy atom. The number of anilines is 1. The van der Waals surface area contributed by atoms with Gasteiger partial charge < -0.3 is 19.5 Å². The van der Waals surface area contributed by atoms with Crippen LogP contribution in [0.1, 0.15) is 39.1 Å². The summed E-state index contributed by atoms with van der Waals surface area (Å²) in [5.41, 5.74) is 1.96. The summed E-state index contributed by atoms with van der Waals surface area (Å²) in [6.07, 6.45) is 2.28. The fourth-order valence-corrected chi connectivity index (χ4v) is 4.23. The molecule has 1 saturated heterocycles. The summed E-state index contributed by atoms with van der Waals surface area (Å²) >= 11 is 1.55. The number of benzene rings is 2. The smallest absolute Gasteiger partial charge is 0.339 e. The number of hydrogen-bond donors (Lipinski definition) is 1. The third kappa shape index (κ3) is 6.32. The van der Waals surface area contributed by atoms with E-state index in [0.29, 0.717) is 16.8 Å². The van der Waals surface area contributed by atoms with Crippen LogP contribution in [0.2, 0.25) is 0 Å². The average molecular weight is 444 g/mol. The van der Waals surface area contributed by atoms with Gasteiger partial charge in [-0.25, -0.2) is 9.59 Å². The molecule has 0 radical (unpaired) electrons. The third-order valence-corrected chi connectivity index (χ3v) is 6.03. The van der Waals surface area contributed by atoms with E-state index in [1.54, 1.807) is 43.0 Å². The molecule has 0 aromatic heterocycles. The Hall–Kier alpha value is -2.84. The van der Waals surface area contributed by atoms with E-state index in [0.717, 1.165) is 35.7 Å². The molecular weight excluding hydrogens is 418 g/mol. The van der Waals surface area contributed by atoms with E-state index in [2.05, 4.69) is 5.32 Å². The number of ether oxygens (including phenoxy) is 3. The van der Waals surface area contributed by atoms with Crippen LogP contribution in [0.15, 0.2) is 47.4 Å². The van der Waals surface area contributed by atoms with Crippen molar-refractivity contribution < 1.29 is 28.6 Å². The molecule has 0 saturated carbocycles. The summed E-state index contributed by atoms with van der Waals surface area (Å²) in [5.74, 6) is -0.798. The van der Waals surface area contributed by atoms with Crippen molar-refractivity contribution in [1.29, 1.82) is 0 Å². The molecule has 1 amide bonds. The van der Waals surface area contributed by atoms with Crippen molar-refractivity contribution in [3.05, 3.63) is 59.2 Å². The summed E-state index contributed by atoms with van der Waals surface area (Å²) in [4.78, 5) is 37.4. The Labute approximate surface area is 185 Å². The lowest BCUT2D eigenvalue weighted by Gasteiger charge is -2.13. The molecule has 1 heterocycles. The molecule has 7 nitrogen and oxygen atoms in total. The van der Waals surface area contributed by atoms with Crippen molar-refractivity contribution in [2.45, 2.75) is 30.8 Å². The molecule has 0 spiro atoms. The Bertz CT molecular complexity index is 955. The molecule has 1 aliphatic rings. The SMILES string of the molecule is COC(=O)c1ccc(C)c(NC(=O)COC(=O)c2ccccc2SCC2CCCO2)c1. The first-order chi connectivity index (χ1) is 15.0. The molecule has 8 heteroatoms. The maximum Gasteiger partial charge on any atom is 0.339 e. The van der Waals surface area contributed by atoms with E-state index in [4.69, 9.17) is 14.2 Å². The Kier molecular flexibility index (Phi) is 8.08. The summed E-state index contributed by atoms with van der Waals surface area (Å²) < 4.78 is 15.6. The minimum Gasteiger partial charge on any atom is -0.465 e. The average Bonchev–Trinajstić information content (AvgIpc) is 3.31. The van der Waals surface area contributed by atoms with Crippen LogP contribution in [0, 0.1) is 6.92 Å². The molecule has 3 rings (SSSR count). The monoisotopic (exact) mass is 443 g/mol. The van der Waals surface area contributed by atoms with Gasteiger partial charge in [-0.1, -0.05) is 18.2 Å². The molecule has 2 aromatic rings. The molecular formula is C23H25NO6S. The number of hydrogen-bond acceptors (Lipinski definition) is 7. The molecule has 1 atom stereocenters. The summed E-state index contributed by atoms with van der Waals surface area (Å²) in [6.45, 7) is 2.14. The van der Waals surface area contributed by atoms with E-state index >= 15 is 0 Å². The highest BCUT2D eigenvalue weighted by molar-refractivity contribution is 7.99. The highest BCUT2D eigenvalue weighted by atomic mass is 32.2. The van der Waals surface area contributed by atoms with Crippen molar-refractivity contribution in [1.82, 2.24) is 0 Å². The van der Waals surface area contributed by atoms with Gasteiger partial charge >= 0.3 is 11.9 Å². The van der Waals surface area contributed by atoms with Crippen LogP contribution in [-0.4, -0.2) is 50.0 Å². The van der Waals surface area contributed by atoms with Gasteiger partial charge in [-0.05, 0) is 49.6 Å². The van der Waals surface area contributed by atoms with Gasteiger partial charge in [-0.15, -0.1) is 11.8 Å². The largest absolute Gasteiger partial charge is 0.465 e. The van der Waals surface area contributed by atoms with E-state index in [1.165, 1.54) is 13.2 Å². The zero-order valence-corrected chi connectivity index (χ0v) is 18.3. The van der Waals surface area contributed by atoms with Gasteiger partial charge in [0.15, 0.2) is 6.61 Å². The van der Waals surface area contributed by atoms with E-state index in [1.807, 2.05) is 12.1 Å². The van der Waals surface area contributed by atoms with Gasteiger partial charge in [0.2, 0.25) is 0 Å². The zero-order chi connectivity index (χ0) is 22.2. The topological polar surface area (TPSA) is 90.9 Å². The van der Waals surface area contributed by atoms with Crippen LogP contribution >= 0.6 is 11.8 Å². The number of nitrogens with one attached hydrogen (secondary N) is 1. The summed E-state index contributed by atoms with van der Waals surface area (Å²) in [5, 5.41) is 2.67. The van der Waals surface area contributed by atoms with E-state index < -0.39 is 24.5 Å². The number of esters is 2. The second-order valence-corrected chi connectivity index (χ2v) is 8.15. The van der Waals surface area contributed by atoms with Crippen LogP contribution in [-0.2, 0) is 19.0 Å². The first-order valence-electron chi connectivity index (χ1n) is 9.97. The lowest BCUT2D eigenvalue weighted by molar-refractivity contribution is -0.119. The molecule has 164 valence electrons. The van der Waals surface area contributed by atoms with Crippen molar-refractivity contribution in [2.24, 2.45) is 0 Å². The van der Waals surface area contributed by atoms with Crippen molar-refractivity contribution >= 4 is 35.3 Å². The number of thioether (sulfide) groups is 1. The number of amides is 1. The molecule has 0 aliphatic carbocycles. The van der Waals surface area contributed by atoms with Gasteiger partial charge in [-0.3, -0.25) is 4.79 Å². The Balaban J connectivity index is 1.57. The maximum absolute atomic E-state index is 12.6. The number of methoxy groups -OCH3 is 1. The van der Waals surface area contributed by atoms with Crippen LogP contribution in [0.5, 0.6) is 0 Å². The first-order valence-corrected chi connectivity index (χ1v) is 11.0. The zero-order valence-electron chi connectivity index (χ0n) is 17.5. The number of carbonyl (C=O) groups excluding carboxylic acids is 3. The minimum atomic E-state index is -0.564. The maximum atomic E-state index is 12.6. The molecule has 31 heavy (non-hydrogen) atoms. The Morgan fingerprint density at radius 3 is 2.71 bits per heavy atom. The van der Waals surface area contributed by atoms with Crippen LogP contribution in [0.3, 0.4) is 0 Å². The van der Waals surface area contributed by atoms with E-state index in [-0.39, 0.29) is 6.10 Å². The highest BCUT2D eigenvalue weighted by Crippen LogP contribution is 2.27. The lowest BCUT2D eigenvalue weighted by atomic mass is 10.1. The molecule has 1 fully saturated rings. The first kappa shape index (κ1) is 22.8. The van der Waals surface area contributed by atoms with Gasteiger partial charge in [0, 0.05) is 22.9 Å². The standard InChI is InChI=1S/C23H25NO6S/c1-15-9-10-16(22(26)28-2)12-19(15)24-21(25)13-30-23(27)18-7-3-4-8-20(18)31-14-17-6-5-11-29-17/h3-4,7-10,12,17H,5-6,11,13-14H2,1-2H3,(H,24,25). The fourth-order valence-electron chi connectivity index (χ4n) is 3.12. The molecule has 2 aromatic carbocycles. The summed E-state index contributed by atoms with van der Waals surface area (Å²) in [7, 11) is 1.29. The van der Waals surface area contributed by atoms with Gasteiger partial charge in [0.05, 0.1) is 24.3 Å². The van der Waals surface area contributed by atoms with E-state index in [9.17, 15) is 14.4 Å². The lowest BCUT2D eigenvalue weighted by Crippen LogP contribution is -2.22. The normalized spacial score (nSPS) is 15.4. The van der Waals surface area contributed by atoms with Gasteiger partial charge in [-0.2, -0.15) is 0 Å². The van der Waals surface area contributed by atoms with Crippen molar-refractivity contribution in [3.63, 3.8) is 0 Å². The van der Waals surface area contributed by atoms with Crippen molar-refractivity contribution in [2.75, 3.05) is 31.4 Å². The van der Waals surface area contributed by atoms with Gasteiger partial charge in [0.1, 0.15) is 0 Å². The van der Waals surface area contributed by atoms with Crippen molar-refractivity contribution in [3.8, 4) is 0 Å². The predicted octanol–water partition coefficient (Wildman–Crippen LogP) is 3.85. The quantitative estimate of drug-likeness (QED) is 0.489. The molecule has 1 N–H and O–H groups in total. The van der Waals surface area contributed by atoms with Crippen LogP contribution in [0.4, 0.5) is 5.69 Å². The fraction of sp³-hybridized carbons (Fsp3) is 0.348. The number of carbonyl (C=O) groups is 3. The number of rotatable bonds is 8. The van der Waals surface area contributed by atoms with Crippen LogP contribution < -0.4 is 5.32 Å². The Morgan fingerprint density at radius 1 is 1.16 bits per heavy atom. The predicted molar refractivity (Wildman–Crippen MR) is 118 cm³/mol. The minimum absolute atomic E-state index is 0.198. The molecule has 1 aliphatic heterocycles. The second kappa shape index (κ2) is 11.0. The summed E-state index contributed by atoms with van der Waals surface area (Å²) in [6, 6.07) is 12.0. The number of aryl methyl sites for hydroxylation is 1. The molecule has 1 unspecified atom stereocenters.